The zero-order valence-corrected chi connectivity index (χ0v) is 13.1. The van der Waals surface area contributed by atoms with Gasteiger partial charge in [0.25, 0.3) is 0 Å². The number of nitrogens with one attached hydrogen (secondary N) is 2. The Morgan fingerprint density at radius 2 is 2.35 bits per heavy atom. The van der Waals surface area contributed by atoms with E-state index < -0.39 is 12.0 Å². The van der Waals surface area contributed by atoms with Crippen molar-refractivity contribution in [3.05, 3.63) is 30.1 Å². The minimum Gasteiger partial charge on any atom is -0.391 e. The molecule has 2 aliphatic heterocycles. The fourth-order valence-corrected chi connectivity index (χ4v) is 3.40. The monoisotopic (exact) mass is 318 g/mol. The van der Waals surface area contributed by atoms with Crippen molar-refractivity contribution in [3.8, 4) is 0 Å². The lowest BCUT2D eigenvalue weighted by Crippen LogP contribution is -2.39. The number of β-amino-alcohol motifs (C(OH)–C–C–N with tert-alkyl or cyclic N) is 1. The van der Waals surface area contributed by atoms with E-state index in [9.17, 15) is 14.7 Å². The molecule has 0 radical (unpaired) electrons. The first-order valence-electron chi connectivity index (χ1n) is 7.90. The van der Waals surface area contributed by atoms with E-state index in [2.05, 4.69) is 15.6 Å². The molecule has 23 heavy (non-hydrogen) atoms. The van der Waals surface area contributed by atoms with Crippen LogP contribution in [0.2, 0.25) is 0 Å². The summed E-state index contributed by atoms with van der Waals surface area (Å²) in [5.74, 6) is -0.592. The Hall–Kier alpha value is -1.99. The maximum absolute atomic E-state index is 12.6. The molecule has 2 saturated heterocycles. The van der Waals surface area contributed by atoms with Gasteiger partial charge in [-0.3, -0.25) is 14.6 Å². The molecule has 7 nitrogen and oxygen atoms in total. The molecule has 1 aromatic heterocycles. The van der Waals surface area contributed by atoms with E-state index in [1.165, 1.54) is 0 Å². The zero-order valence-electron chi connectivity index (χ0n) is 13.1. The number of carbonyl (C=O) groups is 2. The van der Waals surface area contributed by atoms with E-state index >= 15 is 0 Å². The number of pyridine rings is 1. The Balaban J connectivity index is 1.69. The van der Waals surface area contributed by atoms with Crippen LogP contribution >= 0.6 is 0 Å². The quantitative estimate of drug-likeness (QED) is 0.682. The lowest BCUT2D eigenvalue weighted by molar-refractivity contribution is -0.128. The molecule has 3 rings (SSSR count). The van der Waals surface area contributed by atoms with Crippen molar-refractivity contribution in [3.63, 3.8) is 0 Å². The molecule has 3 N–H and O–H groups in total. The third-order valence-corrected chi connectivity index (χ3v) is 4.79. The number of aliphatic hydroxyl groups is 1. The number of nitrogens with zero attached hydrogens (tertiary/aromatic N) is 2. The fourth-order valence-electron chi connectivity index (χ4n) is 3.40. The van der Waals surface area contributed by atoms with Gasteiger partial charge in [0.2, 0.25) is 11.8 Å². The van der Waals surface area contributed by atoms with E-state index in [0.29, 0.717) is 19.6 Å². The van der Waals surface area contributed by atoms with Crippen LogP contribution in [0.15, 0.2) is 24.5 Å². The van der Waals surface area contributed by atoms with Gasteiger partial charge >= 0.3 is 0 Å². The second-order valence-corrected chi connectivity index (χ2v) is 6.28. The van der Waals surface area contributed by atoms with Crippen LogP contribution in [0.4, 0.5) is 0 Å². The SMILES string of the molecule is CN1C(=O)CC(C(=O)NCC2CNCC2O)C1c1cccnc1. The zero-order chi connectivity index (χ0) is 16.4. The highest BCUT2D eigenvalue weighted by Crippen LogP contribution is 2.36. The van der Waals surface area contributed by atoms with Gasteiger partial charge in [0.15, 0.2) is 0 Å². The van der Waals surface area contributed by atoms with E-state index in [4.69, 9.17) is 0 Å². The van der Waals surface area contributed by atoms with Gasteiger partial charge in [0, 0.05) is 51.4 Å². The van der Waals surface area contributed by atoms with Crippen LogP contribution in [0, 0.1) is 11.8 Å². The average molecular weight is 318 g/mol. The summed E-state index contributed by atoms with van der Waals surface area (Å²) in [6.45, 7) is 1.67. The normalized spacial score (nSPS) is 30.7. The predicted molar refractivity (Wildman–Crippen MR) is 83.2 cm³/mol. The summed E-state index contributed by atoms with van der Waals surface area (Å²) in [6.07, 6.45) is 3.14. The van der Waals surface area contributed by atoms with Gasteiger partial charge in [-0.1, -0.05) is 6.07 Å². The molecule has 4 unspecified atom stereocenters. The average Bonchev–Trinajstić information content (AvgIpc) is 3.10. The minimum absolute atomic E-state index is 0.0191. The van der Waals surface area contributed by atoms with Crippen molar-refractivity contribution < 1.29 is 14.7 Å². The molecule has 0 saturated carbocycles. The van der Waals surface area contributed by atoms with Gasteiger partial charge in [-0.25, -0.2) is 0 Å². The molecule has 1 aromatic rings. The highest BCUT2D eigenvalue weighted by atomic mass is 16.3. The fraction of sp³-hybridized carbons (Fsp3) is 0.562. The van der Waals surface area contributed by atoms with Crippen LogP contribution in [0.1, 0.15) is 18.0 Å². The summed E-state index contributed by atoms with van der Waals surface area (Å²) in [4.78, 5) is 30.3. The molecule has 124 valence electrons. The van der Waals surface area contributed by atoms with E-state index in [0.717, 1.165) is 5.56 Å². The molecule has 0 aromatic carbocycles. The molecule has 3 heterocycles. The standard InChI is InChI=1S/C16H22N4O3/c1-20-14(22)5-12(15(20)10-3-2-4-17-6-10)16(23)19-8-11-7-18-9-13(11)21/h2-4,6,11-13,15,18,21H,5,7-9H2,1H3,(H,19,23). The lowest BCUT2D eigenvalue weighted by Gasteiger charge is -2.25. The first kappa shape index (κ1) is 15.9. The van der Waals surface area contributed by atoms with Gasteiger partial charge < -0.3 is 20.6 Å². The molecular formula is C16H22N4O3. The number of likely N-dealkylation sites (tertiary alicyclic amines) is 1. The second kappa shape index (κ2) is 6.64. The Labute approximate surface area is 135 Å². The largest absolute Gasteiger partial charge is 0.391 e. The number of amides is 2. The summed E-state index contributed by atoms with van der Waals surface area (Å²) in [5.41, 5.74) is 0.864. The van der Waals surface area contributed by atoms with Crippen molar-refractivity contribution >= 4 is 11.8 Å². The van der Waals surface area contributed by atoms with Crippen molar-refractivity contribution in [1.82, 2.24) is 20.5 Å². The number of rotatable bonds is 4. The molecule has 4 atom stereocenters. The summed E-state index contributed by atoms with van der Waals surface area (Å²) in [7, 11) is 1.72. The summed E-state index contributed by atoms with van der Waals surface area (Å²) < 4.78 is 0. The van der Waals surface area contributed by atoms with Gasteiger partial charge in [-0.05, 0) is 11.6 Å². The molecule has 0 bridgehead atoms. The Morgan fingerprint density at radius 3 is 3.00 bits per heavy atom. The predicted octanol–water partition coefficient (Wildman–Crippen LogP) is -0.702. The van der Waals surface area contributed by atoms with Crippen LogP contribution in [0.25, 0.3) is 0 Å². The van der Waals surface area contributed by atoms with Gasteiger partial charge in [-0.2, -0.15) is 0 Å². The summed E-state index contributed by atoms with van der Waals surface area (Å²) >= 11 is 0. The smallest absolute Gasteiger partial charge is 0.226 e. The van der Waals surface area contributed by atoms with Gasteiger partial charge in [0.05, 0.1) is 18.1 Å². The van der Waals surface area contributed by atoms with Crippen molar-refractivity contribution in [2.24, 2.45) is 11.8 Å². The molecule has 7 heteroatoms. The van der Waals surface area contributed by atoms with Gasteiger partial charge in [0.1, 0.15) is 0 Å². The number of aliphatic hydroxyl groups excluding tert-OH is 1. The van der Waals surface area contributed by atoms with Crippen LogP contribution in [-0.2, 0) is 9.59 Å². The highest BCUT2D eigenvalue weighted by Gasteiger charge is 2.43. The molecule has 2 amide bonds. The second-order valence-electron chi connectivity index (χ2n) is 6.28. The Kier molecular flexibility index (Phi) is 4.58. The number of hydrogen-bond donors (Lipinski definition) is 3. The molecule has 0 spiro atoms. The Morgan fingerprint density at radius 1 is 1.52 bits per heavy atom. The van der Waals surface area contributed by atoms with Crippen molar-refractivity contribution in [2.45, 2.75) is 18.6 Å². The summed E-state index contributed by atoms with van der Waals surface area (Å²) in [6, 6.07) is 3.40. The van der Waals surface area contributed by atoms with Gasteiger partial charge in [-0.15, -0.1) is 0 Å². The minimum atomic E-state index is -0.433. The highest BCUT2D eigenvalue weighted by molar-refractivity contribution is 5.90. The van der Waals surface area contributed by atoms with Crippen molar-refractivity contribution in [2.75, 3.05) is 26.7 Å². The molecule has 0 aliphatic carbocycles. The topological polar surface area (TPSA) is 94.6 Å². The van der Waals surface area contributed by atoms with Crippen LogP contribution in [0.3, 0.4) is 0 Å². The van der Waals surface area contributed by atoms with E-state index in [1.807, 2.05) is 12.1 Å². The third kappa shape index (κ3) is 3.20. The molecule has 2 aliphatic rings. The van der Waals surface area contributed by atoms with E-state index in [-0.39, 0.29) is 30.2 Å². The Bertz CT molecular complexity index is 580. The van der Waals surface area contributed by atoms with Crippen LogP contribution < -0.4 is 10.6 Å². The number of aromatic nitrogens is 1. The summed E-state index contributed by atoms with van der Waals surface area (Å²) in [5, 5.41) is 15.8. The number of hydrogen-bond acceptors (Lipinski definition) is 5. The third-order valence-electron chi connectivity index (χ3n) is 4.79. The maximum atomic E-state index is 12.6. The van der Waals surface area contributed by atoms with Crippen molar-refractivity contribution in [1.29, 1.82) is 0 Å². The number of carbonyl (C=O) groups excluding carboxylic acids is 2. The maximum Gasteiger partial charge on any atom is 0.226 e. The molecular weight excluding hydrogens is 296 g/mol. The first-order chi connectivity index (χ1) is 11.1. The van der Waals surface area contributed by atoms with Crippen LogP contribution in [0.5, 0.6) is 0 Å². The van der Waals surface area contributed by atoms with E-state index in [1.54, 1.807) is 24.3 Å². The first-order valence-corrected chi connectivity index (χ1v) is 7.90. The lowest BCUT2D eigenvalue weighted by atomic mass is 9.93. The molecule has 2 fully saturated rings. The van der Waals surface area contributed by atoms with Crippen LogP contribution in [-0.4, -0.2) is 59.6 Å².